The number of fused-ring (bicyclic) bond motifs is 1. The molecule has 1 saturated carbocycles. The maximum absolute atomic E-state index is 12.2. The van der Waals surface area contributed by atoms with Crippen molar-refractivity contribution in [1.82, 2.24) is 0 Å². The zero-order valence-electron chi connectivity index (χ0n) is 10.5. The largest absolute Gasteiger partial charge is 0.300 e. The van der Waals surface area contributed by atoms with E-state index in [1.165, 1.54) is 0 Å². The lowest BCUT2D eigenvalue weighted by atomic mass is 9.52. The van der Waals surface area contributed by atoms with Gasteiger partial charge in [0.15, 0.2) is 5.78 Å². The first-order valence-corrected chi connectivity index (χ1v) is 6.01. The molecule has 3 heteroatoms. The lowest BCUT2D eigenvalue weighted by Crippen LogP contribution is -2.49. The van der Waals surface area contributed by atoms with E-state index in [2.05, 4.69) is 0 Å². The van der Waals surface area contributed by atoms with Crippen LogP contribution in [0, 0.1) is 28.1 Å². The third-order valence-corrected chi connectivity index (χ3v) is 4.38. The van der Waals surface area contributed by atoms with Gasteiger partial charge in [-0.25, -0.2) is 0 Å². The van der Waals surface area contributed by atoms with E-state index in [-0.39, 0.29) is 28.5 Å². The number of hydrogen-bond acceptors (Lipinski definition) is 3. The Hall–Kier alpha value is -1.43. The molecule has 0 saturated heterocycles. The Morgan fingerprint density at radius 2 is 2.00 bits per heavy atom. The number of nitrogens with zero attached hydrogens (tertiary/aromatic N) is 1. The maximum atomic E-state index is 12.2. The van der Waals surface area contributed by atoms with Crippen molar-refractivity contribution in [2.75, 3.05) is 0 Å². The molecule has 0 spiro atoms. The van der Waals surface area contributed by atoms with Gasteiger partial charge in [-0.1, -0.05) is 26.8 Å². The summed E-state index contributed by atoms with van der Waals surface area (Å²) in [6, 6.07) is 1.98. The summed E-state index contributed by atoms with van der Waals surface area (Å²) in [5.74, 6) is 0.330. The van der Waals surface area contributed by atoms with Gasteiger partial charge in [0.25, 0.3) is 0 Å². The molecule has 0 aliphatic heterocycles. The minimum absolute atomic E-state index is 0.0724. The lowest BCUT2D eigenvalue weighted by Gasteiger charge is -2.49. The fourth-order valence-corrected chi connectivity index (χ4v) is 3.59. The normalized spacial score (nSPS) is 35.9. The van der Waals surface area contributed by atoms with E-state index < -0.39 is 5.41 Å². The summed E-state index contributed by atoms with van der Waals surface area (Å²) in [5, 5.41) is 9.04. The van der Waals surface area contributed by atoms with E-state index in [9.17, 15) is 9.59 Å². The van der Waals surface area contributed by atoms with Crippen molar-refractivity contribution in [1.29, 1.82) is 5.26 Å². The smallest absolute Gasteiger partial charge is 0.178 e. The fourth-order valence-electron chi connectivity index (χ4n) is 3.59. The van der Waals surface area contributed by atoms with Crippen LogP contribution >= 0.6 is 0 Å². The predicted molar refractivity (Wildman–Crippen MR) is 62.9 cm³/mol. The predicted octanol–water partition coefficient (Wildman–Crippen LogP) is 2.42. The molecule has 1 fully saturated rings. The van der Waals surface area contributed by atoms with Crippen molar-refractivity contribution < 1.29 is 9.59 Å². The zero-order chi connectivity index (χ0) is 12.8. The van der Waals surface area contributed by atoms with Gasteiger partial charge in [0.2, 0.25) is 0 Å². The van der Waals surface area contributed by atoms with Crippen LogP contribution in [0.2, 0.25) is 0 Å². The molecule has 0 aromatic heterocycles. The van der Waals surface area contributed by atoms with Crippen molar-refractivity contribution in [3.8, 4) is 6.07 Å². The summed E-state index contributed by atoms with van der Waals surface area (Å²) in [6.07, 6.45) is 3.51. The highest BCUT2D eigenvalue weighted by Gasteiger charge is 2.53. The molecule has 0 unspecified atom stereocenters. The topological polar surface area (TPSA) is 57.9 Å². The molecule has 0 N–H and O–H groups in total. The zero-order valence-corrected chi connectivity index (χ0v) is 10.5. The second kappa shape index (κ2) is 3.53. The molecular weight excluding hydrogens is 214 g/mol. The Kier molecular flexibility index (Phi) is 2.50. The van der Waals surface area contributed by atoms with Crippen LogP contribution in [-0.2, 0) is 9.59 Å². The van der Waals surface area contributed by atoms with Crippen LogP contribution in [0.4, 0.5) is 0 Å². The molecular formula is C14H17NO2. The van der Waals surface area contributed by atoms with Gasteiger partial charge in [-0.2, -0.15) is 5.26 Å². The van der Waals surface area contributed by atoms with E-state index in [4.69, 9.17) is 5.26 Å². The molecule has 17 heavy (non-hydrogen) atoms. The highest BCUT2D eigenvalue weighted by Crippen LogP contribution is 2.54. The van der Waals surface area contributed by atoms with E-state index in [1.807, 2.05) is 26.8 Å². The Balaban J connectivity index is 2.55. The number of allylic oxidation sites excluding steroid dienone is 2. The molecule has 0 radical (unpaired) electrons. The van der Waals surface area contributed by atoms with Gasteiger partial charge in [-0.05, 0) is 17.8 Å². The van der Waals surface area contributed by atoms with Crippen molar-refractivity contribution >= 4 is 11.6 Å². The van der Waals surface area contributed by atoms with Gasteiger partial charge in [0, 0.05) is 18.3 Å². The third-order valence-electron chi connectivity index (χ3n) is 4.38. The quantitative estimate of drug-likeness (QED) is 0.643. The highest BCUT2D eigenvalue weighted by atomic mass is 16.1. The van der Waals surface area contributed by atoms with Crippen LogP contribution in [0.25, 0.3) is 0 Å². The average Bonchev–Trinajstić information content (AvgIpc) is 2.23. The minimum atomic E-state index is -0.532. The number of Topliss-reactive ketones (excluding diaryl/α,β-unsaturated/α-hetero) is 2. The van der Waals surface area contributed by atoms with Crippen molar-refractivity contribution in [2.24, 2.45) is 16.7 Å². The number of hydrogen-bond donors (Lipinski definition) is 0. The number of ketones is 2. The van der Waals surface area contributed by atoms with Crippen LogP contribution in [0.1, 0.15) is 40.0 Å². The average molecular weight is 231 g/mol. The number of rotatable bonds is 0. The standard InChI is InChI=1S/C14H17NO2/c1-13(2)11-5-4-10(16)7-14(11,3)6-9(8-15)12(13)17/h6,11H,4-5,7H2,1-3H3/t11-,14+/m0/s1. The molecule has 2 atom stereocenters. The van der Waals surface area contributed by atoms with Gasteiger partial charge >= 0.3 is 0 Å². The van der Waals surface area contributed by atoms with Gasteiger partial charge < -0.3 is 0 Å². The Morgan fingerprint density at radius 1 is 1.35 bits per heavy atom. The van der Waals surface area contributed by atoms with Crippen LogP contribution in [0.3, 0.4) is 0 Å². The SMILES string of the molecule is CC1(C)C(=O)C(C#N)=C[C@]2(C)CC(=O)CC[C@@H]12. The number of carbonyl (C=O) groups excluding carboxylic acids is 2. The molecule has 0 aromatic carbocycles. The van der Waals surface area contributed by atoms with Gasteiger partial charge in [0.05, 0.1) is 5.57 Å². The molecule has 90 valence electrons. The minimum Gasteiger partial charge on any atom is -0.300 e. The molecule has 2 aliphatic carbocycles. The first-order chi connectivity index (χ1) is 7.81. The number of nitriles is 1. The fraction of sp³-hybridized carbons (Fsp3) is 0.643. The second-order valence-electron chi connectivity index (χ2n) is 6.03. The van der Waals surface area contributed by atoms with Crippen LogP contribution < -0.4 is 0 Å². The Labute approximate surface area is 101 Å². The Morgan fingerprint density at radius 3 is 2.59 bits per heavy atom. The summed E-state index contributed by atoms with van der Waals surface area (Å²) in [6.45, 7) is 5.80. The highest BCUT2D eigenvalue weighted by molar-refractivity contribution is 6.04. The van der Waals surface area contributed by atoms with Crippen LogP contribution in [-0.4, -0.2) is 11.6 Å². The maximum Gasteiger partial charge on any atom is 0.178 e. The molecule has 2 aliphatic rings. The summed E-state index contributed by atoms with van der Waals surface area (Å²) in [5.41, 5.74) is -0.629. The second-order valence-corrected chi connectivity index (χ2v) is 6.03. The number of carbonyl (C=O) groups is 2. The van der Waals surface area contributed by atoms with E-state index in [0.717, 1.165) is 6.42 Å². The van der Waals surface area contributed by atoms with Gasteiger partial charge in [0.1, 0.15) is 11.9 Å². The summed E-state index contributed by atoms with van der Waals surface area (Å²) >= 11 is 0. The molecule has 0 amide bonds. The first-order valence-electron chi connectivity index (χ1n) is 6.01. The molecule has 0 aromatic rings. The first kappa shape index (κ1) is 12.0. The van der Waals surface area contributed by atoms with Crippen molar-refractivity contribution in [3.05, 3.63) is 11.6 Å². The van der Waals surface area contributed by atoms with E-state index in [1.54, 1.807) is 6.08 Å². The van der Waals surface area contributed by atoms with E-state index in [0.29, 0.717) is 12.8 Å². The summed E-state index contributed by atoms with van der Waals surface area (Å²) < 4.78 is 0. The molecule has 0 heterocycles. The summed E-state index contributed by atoms with van der Waals surface area (Å²) in [4.78, 5) is 23.8. The van der Waals surface area contributed by atoms with Gasteiger partial charge in [-0.3, -0.25) is 9.59 Å². The Bertz CT molecular complexity index is 467. The van der Waals surface area contributed by atoms with Crippen molar-refractivity contribution in [2.45, 2.75) is 40.0 Å². The van der Waals surface area contributed by atoms with E-state index >= 15 is 0 Å². The molecule has 2 rings (SSSR count). The molecule has 3 nitrogen and oxygen atoms in total. The summed E-state index contributed by atoms with van der Waals surface area (Å²) in [7, 11) is 0. The van der Waals surface area contributed by atoms with Crippen molar-refractivity contribution in [3.63, 3.8) is 0 Å². The van der Waals surface area contributed by atoms with Crippen LogP contribution in [0.15, 0.2) is 11.6 Å². The third kappa shape index (κ3) is 1.63. The lowest BCUT2D eigenvalue weighted by molar-refractivity contribution is -0.136. The van der Waals surface area contributed by atoms with Gasteiger partial charge in [-0.15, -0.1) is 0 Å². The van der Waals surface area contributed by atoms with Crippen LogP contribution in [0.5, 0.6) is 0 Å². The monoisotopic (exact) mass is 231 g/mol. The molecule has 0 bridgehead atoms.